The first-order chi connectivity index (χ1) is 18.8. The second-order valence-electron chi connectivity index (χ2n) is 11.2. The highest BCUT2D eigenvalue weighted by atomic mass is 32.2. The van der Waals surface area contributed by atoms with Crippen LogP contribution in [-0.4, -0.2) is 74.3 Å². The highest BCUT2D eigenvalue weighted by molar-refractivity contribution is 8.01. The molecule has 11 heteroatoms. The van der Waals surface area contributed by atoms with E-state index in [0.29, 0.717) is 31.6 Å². The van der Waals surface area contributed by atoms with Crippen molar-refractivity contribution < 1.29 is 29.2 Å². The van der Waals surface area contributed by atoms with Gasteiger partial charge in [-0.15, -0.1) is 11.8 Å². The minimum absolute atomic E-state index is 0.195. The van der Waals surface area contributed by atoms with Gasteiger partial charge in [0.2, 0.25) is 0 Å². The zero-order valence-electron chi connectivity index (χ0n) is 24.7. The molecule has 0 aromatic heterocycles. The van der Waals surface area contributed by atoms with Crippen molar-refractivity contribution in [3.05, 3.63) is 33.4 Å². The number of rotatable bonds is 14. The lowest BCUT2D eigenvalue weighted by Crippen LogP contribution is -2.53. The maximum Gasteiger partial charge on any atom is 0.407 e. The number of piperidine rings is 1. The Balaban J connectivity index is 2.22. The molecule has 0 aliphatic carbocycles. The second-order valence-corrected chi connectivity index (χ2v) is 12.9. The molecule has 1 fully saturated rings. The fraction of sp³-hybridized carbons (Fsp3) is 0.690. The number of carbonyl (C=O) groups excluding carboxylic acids is 2. The topological polar surface area (TPSA) is 130 Å². The van der Waals surface area contributed by atoms with E-state index in [-0.39, 0.29) is 40.7 Å². The monoisotopic (exact) mass is 579 g/mol. The summed E-state index contributed by atoms with van der Waals surface area (Å²) in [5, 5.41) is 21.5. The molecule has 1 saturated heterocycles. The van der Waals surface area contributed by atoms with E-state index in [1.165, 1.54) is 30.2 Å². The van der Waals surface area contributed by atoms with Crippen LogP contribution in [-0.2, 0) is 9.53 Å². The van der Waals surface area contributed by atoms with Gasteiger partial charge in [-0.25, -0.2) is 4.79 Å². The van der Waals surface area contributed by atoms with E-state index >= 15 is 0 Å². The maximum absolute atomic E-state index is 13.7. The minimum atomic E-state index is -1.07. The quantitative estimate of drug-likeness (QED) is 0.0850. The lowest BCUT2D eigenvalue weighted by molar-refractivity contribution is -0.387. The minimum Gasteiger partial charge on any atom is -0.465 e. The standard InChI is InChI=1S/C29H45N3O7S/c1-7-8-9-10-11-12-16-39-27(34)29(5,6)40-25-17-21(4)23(18-24(25)32(37)38)26(33)31(20(2)3)22-14-13-15-30(19-22)28(35)36/h17-18,20,22H,7-16,19H2,1-6H3,(H,35,36)/t22-/m1/s1. The van der Waals surface area contributed by atoms with Crippen molar-refractivity contribution in [2.75, 3.05) is 19.7 Å². The Morgan fingerprint density at radius 2 is 1.85 bits per heavy atom. The number of ether oxygens (including phenoxy) is 1. The number of esters is 1. The lowest BCUT2D eigenvalue weighted by Gasteiger charge is -2.40. The summed E-state index contributed by atoms with van der Waals surface area (Å²) in [5.41, 5.74) is 0.488. The summed E-state index contributed by atoms with van der Waals surface area (Å²) in [4.78, 5) is 52.9. The van der Waals surface area contributed by atoms with Crippen molar-refractivity contribution in [3.8, 4) is 0 Å². The van der Waals surface area contributed by atoms with Crippen LogP contribution in [0, 0.1) is 17.0 Å². The number of amides is 2. The van der Waals surface area contributed by atoms with Gasteiger partial charge in [-0.2, -0.15) is 0 Å². The Morgan fingerprint density at radius 1 is 1.20 bits per heavy atom. The third kappa shape index (κ3) is 9.11. The third-order valence-electron chi connectivity index (χ3n) is 7.17. The Bertz CT molecular complexity index is 1060. The molecule has 2 amide bonds. The first-order valence-electron chi connectivity index (χ1n) is 14.3. The summed E-state index contributed by atoms with van der Waals surface area (Å²) in [6, 6.07) is 2.30. The maximum atomic E-state index is 13.7. The molecule has 0 saturated carbocycles. The number of nitrogens with zero attached hydrogens (tertiary/aromatic N) is 3. The van der Waals surface area contributed by atoms with Gasteiger partial charge in [0.15, 0.2) is 0 Å². The summed E-state index contributed by atoms with van der Waals surface area (Å²) >= 11 is 1.05. The number of likely N-dealkylation sites (tertiary alicyclic amines) is 1. The number of hydrogen-bond acceptors (Lipinski definition) is 7. The summed E-state index contributed by atoms with van der Waals surface area (Å²) in [6.07, 6.45) is 6.67. The molecule has 0 radical (unpaired) electrons. The Kier molecular flexibility index (Phi) is 12.7. The number of benzene rings is 1. The fourth-order valence-electron chi connectivity index (χ4n) is 4.98. The number of carboxylic acid groups (broad SMARTS) is 1. The SMILES string of the molecule is CCCCCCCCOC(=O)C(C)(C)Sc1cc(C)c(C(=O)N(C(C)C)[C@@H]2CCCN(C(=O)O)C2)cc1[N+](=O)[O-]. The predicted octanol–water partition coefficient (Wildman–Crippen LogP) is 6.67. The molecule has 1 heterocycles. The van der Waals surface area contributed by atoms with Gasteiger partial charge >= 0.3 is 12.1 Å². The summed E-state index contributed by atoms with van der Waals surface area (Å²) in [7, 11) is 0. The number of unbranched alkanes of at least 4 members (excludes halogenated alkanes) is 5. The fourth-order valence-corrected chi connectivity index (χ4v) is 6.14. The van der Waals surface area contributed by atoms with Gasteiger partial charge in [0, 0.05) is 30.8 Å². The molecule has 1 aliphatic rings. The molecule has 1 atom stereocenters. The van der Waals surface area contributed by atoms with Crippen LogP contribution in [0.4, 0.5) is 10.5 Å². The predicted molar refractivity (Wildman–Crippen MR) is 156 cm³/mol. The van der Waals surface area contributed by atoms with E-state index in [1.807, 2.05) is 13.8 Å². The average molecular weight is 580 g/mol. The molecule has 40 heavy (non-hydrogen) atoms. The van der Waals surface area contributed by atoms with E-state index < -0.39 is 21.7 Å². The Morgan fingerprint density at radius 3 is 2.45 bits per heavy atom. The number of nitro benzene ring substituents is 1. The number of nitro groups is 1. The number of carbonyl (C=O) groups is 3. The van der Waals surface area contributed by atoms with E-state index in [4.69, 9.17) is 4.74 Å². The van der Waals surface area contributed by atoms with Gasteiger partial charge in [0.05, 0.1) is 22.5 Å². The highest BCUT2D eigenvalue weighted by Gasteiger charge is 2.36. The highest BCUT2D eigenvalue weighted by Crippen LogP contribution is 2.40. The number of aryl methyl sites for hydroxylation is 1. The van der Waals surface area contributed by atoms with Crippen LogP contribution in [0.25, 0.3) is 0 Å². The molecule has 2 rings (SSSR count). The Hall–Kier alpha value is -2.82. The van der Waals surface area contributed by atoms with E-state index in [0.717, 1.165) is 31.0 Å². The first-order valence-corrected chi connectivity index (χ1v) is 15.1. The van der Waals surface area contributed by atoms with Gasteiger partial charge in [0.1, 0.15) is 4.75 Å². The normalized spacial score (nSPS) is 15.7. The Labute approximate surface area is 242 Å². The molecule has 1 aliphatic heterocycles. The molecular weight excluding hydrogens is 534 g/mol. The van der Waals surface area contributed by atoms with Crippen LogP contribution >= 0.6 is 11.8 Å². The van der Waals surface area contributed by atoms with Crippen molar-refractivity contribution in [1.29, 1.82) is 0 Å². The van der Waals surface area contributed by atoms with Crippen LogP contribution in [0.2, 0.25) is 0 Å². The van der Waals surface area contributed by atoms with Crippen molar-refractivity contribution in [2.45, 2.75) is 115 Å². The lowest BCUT2D eigenvalue weighted by atomic mass is 9.99. The largest absolute Gasteiger partial charge is 0.465 e. The zero-order chi connectivity index (χ0) is 30.0. The first kappa shape index (κ1) is 33.4. The number of thioether (sulfide) groups is 1. The molecule has 1 aromatic carbocycles. The van der Waals surface area contributed by atoms with E-state index in [9.17, 15) is 29.6 Å². The van der Waals surface area contributed by atoms with E-state index in [2.05, 4.69) is 6.92 Å². The van der Waals surface area contributed by atoms with Crippen molar-refractivity contribution in [1.82, 2.24) is 9.80 Å². The zero-order valence-corrected chi connectivity index (χ0v) is 25.6. The summed E-state index contributed by atoms with van der Waals surface area (Å²) in [5.74, 6) is -0.813. The van der Waals surface area contributed by atoms with Gasteiger partial charge < -0.3 is 19.6 Å². The van der Waals surface area contributed by atoms with Gasteiger partial charge in [0.25, 0.3) is 11.6 Å². The number of hydrogen-bond donors (Lipinski definition) is 1. The van der Waals surface area contributed by atoms with Crippen molar-refractivity contribution >= 4 is 35.4 Å². The molecule has 0 spiro atoms. The molecule has 0 bridgehead atoms. The molecule has 1 aromatic rings. The van der Waals surface area contributed by atoms with Crippen LogP contribution in [0.5, 0.6) is 0 Å². The molecule has 224 valence electrons. The second kappa shape index (κ2) is 15.3. The summed E-state index contributed by atoms with van der Waals surface area (Å²) < 4.78 is 4.42. The van der Waals surface area contributed by atoms with E-state index in [1.54, 1.807) is 31.7 Å². The third-order valence-corrected chi connectivity index (χ3v) is 8.40. The molecule has 1 N–H and O–H groups in total. The summed E-state index contributed by atoms with van der Waals surface area (Å²) in [6.45, 7) is 11.9. The van der Waals surface area contributed by atoms with Gasteiger partial charge in [-0.1, -0.05) is 39.0 Å². The van der Waals surface area contributed by atoms with Gasteiger partial charge in [-0.3, -0.25) is 19.7 Å². The average Bonchev–Trinajstić information content (AvgIpc) is 2.87. The van der Waals surface area contributed by atoms with Crippen molar-refractivity contribution in [3.63, 3.8) is 0 Å². The smallest absolute Gasteiger partial charge is 0.407 e. The molecule has 0 unspecified atom stereocenters. The molecule has 10 nitrogen and oxygen atoms in total. The van der Waals surface area contributed by atoms with Crippen LogP contribution in [0.3, 0.4) is 0 Å². The van der Waals surface area contributed by atoms with Crippen LogP contribution in [0.1, 0.15) is 102 Å². The van der Waals surface area contributed by atoms with Gasteiger partial charge in [-0.05, 0) is 65.5 Å². The van der Waals surface area contributed by atoms with Crippen LogP contribution in [0.15, 0.2) is 17.0 Å². The molecular formula is C29H45N3O7S. The van der Waals surface area contributed by atoms with Crippen molar-refractivity contribution in [2.24, 2.45) is 0 Å². The van der Waals surface area contributed by atoms with Crippen LogP contribution < -0.4 is 0 Å².